The van der Waals surface area contributed by atoms with Gasteiger partial charge >= 0.3 is 0 Å². The first-order valence-corrected chi connectivity index (χ1v) is 6.76. The molecule has 2 heteroatoms. The molecule has 0 aliphatic carbocycles. The lowest BCUT2D eigenvalue weighted by Gasteiger charge is -2.10. The predicted octanol–water partition coefficient (Wildman–Crippen LogP) is 4.95. The van der Waals surface area contributed by atoms with Crippen LogP contribution < -0.4 is 0 Å². The van der Waals surface area contributed by atoms with Crippen molar-refractivity contribution in [3.05, 3.63) is 57.3 Å². The van der Waals surface area contributed by atoms with Crippen molar-refractivity contribution >= 4 is 22.9 Å². The van der Waals surface area contributed by atoms with Crippen LogP contribution in [-0.2, 0) is 6.42 Å². The highest BCUT2D eigenvalue weighted by molar-refractivity contribution is 7.12. The van der Waals surface area contributed by atoms with Crippen molar-refractivity contribution in [1.29, 1.82) is 0 Å². The van der Waals surface area contributed by atoms with Crippen LogP contribution in [0, 0.1) is 6.92 Å². The van der Waals surface area contributed by atoms with Gasteiger partial charge in [-0.15, -0.1) is 22.9 Å². The molecule has 0 fully saturated rings. The predicted molar refractivity (Wildman–Crippen MR) is 72.6 cm³/mol. The summed E-state index contributed by atoms with van der Waals surface area (Å²) in [5.41, 5.74) is 2.47. The summed E-state index contributed by atoms with van der Waals surface area (Å²) in [6, 6.07) is 12.6. The fourth-order valence-corrected chi connectivity index (χ4v) is 3.15. The molecule has 16 heavy (non-hydrogen) atoms. The number of thiophene rings is 1. The van der Waals surface area contributed by atoms with Crippen molar-refractivity contribution in [3.8, 4) is 0 Å². The zero-order valence-electron chi connectivity index (χ0n) is 9.53. The van der Waals surface area contributed by atoms with Gasteiger partial charge in [-0.1, -0.05) is 31.2 Å². The monoisotopic (exact) mass is 250 g/mol. The molecule has 2 aromatic rings. The maximum atomic E-state index is 6.52. The van der Waals surface area contributed by atoms with Crippen LogP contribution in [0.4, 0.5) is 0 Å². The summed E-state index contributed by atoms with van der Waals surface area (Å²) in [4.78, 5) is 2.64. The lowest BCUT2D eigenvalue weighted by molar-refractivity contribution is 1.15. The van der Waals surface area contributed by atoms with Crippen LogP contribution in [0.3, 0.4) is 0 Å². The summed E-state index contributed by atoms with van der Waals surface area (Å²) >= 11 is 8.33. The van der Waals surface area contributed by atoms with E-state index in [1.807, 2.05) is 23.5 Å². The molecule has 0 N–H and O–H groups in total. The van der Waals surface area contributed by atoms with Crippen molar-refractivity contribution in [2.75, 3.05) is 0 Å². The average molecular weight is 251 g/mol. The van der Waals surface area contributed by atoms with Gasteiger partial charge in [0, 0.05) is 9.75 Å². The number of rotatable bonds is 3. The number of benzene rings is 1. The zero-order valence-corrected chi connectivity index (χ0v) is 11.1. The second-order valence-corrected chi connectivity index (χ2v) is 5.51. The van der Waals surface area contributed by atoms with Crippen molar-refractivity contribution in [2.24, 2.45) is 0 Å². The van der Waals surface area contributed by atoms with E-state index < -0.39 is 0 Å². The molecule has 1 heterocycles. The summed E-state index contributed by atoms with van der Waals surface area (Å²) in [5, 5.41) is -0.00787. The van der Waals surface area contributed by atoms with Crippen LogP contribution in [-0.4, -0.2) is 0 Å². The summed E-state index contributed by atoms with van der Waals surface area (Å²) in [6.45, 7) is 4.28. The molecule has 1 unspecified atom stereocenters. The van der Waals surface area contributed by atoms with E-state index in [2.05, 4.69) is 38.1 Å². The van der Waals surface area contributed by atoms with Gasteiger partial charge in [-0.2, -0.15) is 0 Å². The molecule has 0 aliphatic rings. The summed E-state index contributed by atoms with van der Waals surface area (Å²) in [6.07, 6.45) is 1.09. The van der Waals surface area contributed by atoms with Gasteiger partial charge in [0.05, 0.1) is 5.38 Å². The third kappa shape index (κ3) is 2.31. The number of hydrogen-bond acceptors (Lipinski definition) is 1. The van der Waals surface area contributed by atoms with Crippen molar-refractivity contribution in [2.45, 2.75) is 25.6 Å². The van der Waals surface area contributed by atoms with Gasteiger partial charge in [0.25, 0.3) is 0 Å². The first-order valence-electron chi connectivity index (χ1n) is 5.50. The highest BCUT2D eigenvalue weighted by Crippen LogP contribution is 2.35. The van der Waals surface area contributed by atoms with E-state index in [0.717, 1.165) is 6.42 Å². The van der Waals surface area contributed by atoms with Gasteiger partial charge in [-0.05, 0) is 36.6 Å². The molecule has 0 saturated heterocycles. The Hall–Kier alpha value is -0.790. The summed E-state index contributed by atoms with van der Waals surface area (Å²) < 4.78 is 0. The minimum Gasteiger partial charge on any atom is -0.143 e. The Balaban J connectivity index is 2.31. The van der Waals surface area contributed by atoms with Crippen LogP contribution in [0.5, 0.6) is 0 Å². The molecule has 2 rings (SSSR count). The molecule has 0 spiro atoms. The zero-order chi connectivity index (χ0) is 11.5. The Labute approximate surface area is 106 Å². The van der Waals surface area contributed by atoms with E-state index in [-0.39, 0.29) is 5.38 Å². The van der Waals surface area contributed by atoms with E-state index in [1.54, 1.807) is 0 Å². The number of alkyl halides is 1. The highest BCUT2D eigenvalue weighted by atomic mass is 35.5. The molecule has 0 nitrogen and oxygen atoms in total. The largest absolute Gasteiger partial charge is 0.143 e. The van der Waals surface area contributed by atoms with E-state index in [0.29, 0.717) is 0 Å². The smallest absolute Gasteiger partial charge is 0.0930 e. The normalized spacial score (nSPS) is 12.7. The van der Waals surface area contributed by atoms with Crippen LogP contribution in [0.1, 0.15) is 33.2 Å². The van der Waals surface area contributed by atoms with Crippen LogP contribution >= 0.6 is 22.9 Å². The summed E-state index contributed by atoms with van der Waals surface area (Å²) in [7, 11) is 0. The minimum atomic E-state index is -0.00787. The standard InChI is InChI=1S/C14H15ClS/c1-3-11-8-9-13(16-11)14(15)12-7-5-4-6-10(12)2/h4-9,14H,3H2,1-2H3. The molecule has 0 saturated carbocycles. The minimum absolute atomic E-state index is 0.00787. The maximum Gasteiger partial charge on any atom is 0.0930 e. The number of hydrogen-bond donors (Lipinski definition) is 0. The van der Waals surface area contributed by atoms with Crippen LogP contribution in [0.25, 0.3) is 0 Å². The van der Waals surface area contributed by atoms with Gasteiger partial charge in [-0.3, -0.25) is 0 Å². The Kier molecular flexibility index (Phi) is 3.67. The molecular formula is C14H15ClS. The molecule has 0 bridgehead atoms. The molecule has 1 atom stereocenters. The van der Waals surface area contributed by atoms with E-state index in [1.165, 1.54) is 20.9 Å². The molecule has 1 aromatic carbocycles. The fraction of sp³-hybridized carbons (Fsp3) is 0.286. The maximum absolute atomic E-state index is 6.52. The fourth-order valence-electron chi connectivity index (χ4n) is 1.75. The van der Waals surface area contributed by atoms with E-state index in [4.69, 9.17) is 11.6 Å². The Morgan fingerprint density at radius 1 is 1.19 bits per heavy atom. The third-order valence-corrected chi connectivity index (χ3v) is 4.64. The number of halogens is 1. The molecule has 0 aliphatic heterocycles. The Bertz CT molecular complexity index is 473. The summed E-state index contributed by atoms with van der Waals surface area (Å²) in [5.74, 6) is 0. The topological polar surface area (TPSA) is 0 Å². The molecule has 1 aromatic heterocycles. The lowest BCUT2D eigenvalue weighted by atomic mass is 10.0. The van der Waals surface area contributed by atoms with Gasteiger partial charge < -0.3 is 0 Å². The number of aryl methyl sites for hydroxylation is 2. The molecule has 0 radical (unpaired) electrons. The highest BCUT2D eigenvalue weighted by Gasteiger charge is 2.14. The average Bonchev–Trinajstić information content (AvgIpc) is 2.77. The molecular weight excluding hydrogens is 236 g/mol. The Morgan fingerprint density at radius 2 is 1.94 bits per heavy atom. The first kappa shape index (κ1) is 11.7. The van der Waals surface area contributed by atoms with E-state index >= 15 is 0 Å². The third-order valence-electron chi connectivity index (χ3n) is 2.74. The quantitative estimate of drug-likeness (QED) is 0.677. The van der Waals surface area contributed by atoms with Crippen LogP contribution in [0.2, 0.25) is 0 Å². The molecule has 84 valence electrons. The first-order chi connectivity index (χ1) is 7.72. The second kappa shape index (κ2) is 5.03. The van der Waals surface area contributed by atoms with Gasteiger partial charge in [0.2, 0.25) is 0 Å². The Morgan fingerprint density at radius 3 is 2.56 bits per heavy atom. The SMILES string of the molecule is CCc1ccc(C(Cl)c2ccccc2C)s1. The van der Waals surface area contributed by atoms with Gasteiger partial charge in [0.15, 0.2) is 0 Å². The second-order valence-electron chi connectivity index (χ2n) is 3.88. The van der Waals surface area contributed by atoms with Crippen molar-refractivity contribution < 1.29 is 0 Å². The van der Waals surface area contributed by atoms with Crippen LogP contribution in [0.15, 0.2) is 36.4 Å². The lowest BCUT2D eigenvalue weighted by Crippen LogP contribution is -1.93. The van der Waals surface area contributed by atoms with E-state index in [9.17, 15) is 0 Å². The molecule has 0 amide bonds. The van der Waals surface area contributed by atoms with Crippen molar-refractivity contribution in [1.82, 2.24) is 0 Å². The van der Waals surface area contributed by atoms with Crippen molar-refractivity contribution in [3.63, 3.8) is 0 Å². The van der Waals surface area contributed by atoms with Gasteiger partial charge in [-0.25, -0.2) is 0 Å². The van der Waals surface area contributed by atoms with Gasteiger partial charge in [0.1, 0.15) is 0 Å².